The number of ether oxygens (including phenoxy) is 2. The number of carbonyl (C=O) groups is 3. The quantitative estimate of drug-likeness (QED) is 0.292. The first kappa shape index (κ1) is 28.6. The zero-order valence-corrected chi connectivity index (χ0v) is 24.8. The van der Waals surface area contributed by atoms with Gasteiger partial charge in [-0.3, -0.25) is 14.4 Å². The maximum Gasteiger partial charge on any atom is 0.237 e. The summed E-state index contributed by atoms with van der Waals surface area (Å²) < 4.78 is 14.8. The van der Waals surface area contributed by atoms with E-state index >= 15 is 0 Å². The van der Waals surface area contributed by atoms with Gasteiger partial charge in [0.1, 0.15) is 5.75 Å². The minimum Gasteiger partial charge on any atom is -0.438 e. The highest BCUT2D eigenvalue weighted by Gasteiger charge is 2.41. The first-order chi connectivity index (χ1) is 20.7. The lowest BCUT2D eigenvalue weighted by Crippen LogP contribution is -2.52. The van der Waals surface area contributed by atoms with Crippen LogP contribution >= 0.6 is 0 Å². The summed E-state index contributed by atoms with van der Waals surface area (Å²) in [6, 6.07) is 11.0. The molecule has 0 aliphatic carbocycles. The van der Waals surface area contributed by atoms with E-state index in [9.17, 15) is 14.4 Å². The number of Topliss-reactive ketones (excluding diaryl/α,β-unsaturated/α-hetero) is 1. The SMILES string of the molecule is Cc1cc(C(=O)Cc2cc(Oc3ccc4nc(NC(=O)CCC(=O)N5CCC6(CC5)COC6)cn4n3)ccc2C)n(C)c1. The number of fused-ring (bicyclic) bond motifs is 1. The average Bonchev–Trinajstić information content (AvgIpc) is 3.53. The van der Waals surface area contributed by atoms with E-state index in [0.717, 1.165) is 55.8 Å². The first-order valence-corrected chi connectivity index (χ1v) is 14.6. The molecule has 2 saturated heterocycles. The molecule has 43 heavy (non-hydrogen) atoms. The molecule has 3 aromatic heterocycles. The summed E-state index contributed by atoms with van der Waals surface area (Å²) in [4.78, 5) is 44.4. The Labute approximate surface area is 249 Å². The number of nitrogens with one attached hydrogen (secondary N) is 1. The van der Waals surface area contributed by atoms with E-state index in [1.807, 2.05) is 60.8 Å². The van der Waals surface area contributed by atoms with Crippen molar-refractivity contribution in [1.29, 1.82) is 0 Å². The zero-order chi connectivity index (χ0) is 30.1. The highest BCUT2D eigenvalue weighted by molar-refractivity contribution is 5.96. The second-order valence-corrected chi connectivity index (χ2v) is 11.8. The lowest BCUT2D eigenvalue weighted by molar-refractivity contribution is -0.153. The molecule has 4 aromatic rings. The number of aryl methyl sites for hydroxylation is 3. The van der Waals surface area contributed by atoms with Crippen LogP contribution in [0.4, 0.5) is 5.82 Å². The summed E-state index contributed by atoms with van der Waals surface area (Å²) in [6.07, 6.45) is 5.97. The molecule has 5 heterocycles. The molecule has 2 amide bonds. The van der Waals surface area contributed by atoms with E-state index in [2.05, 4.69) is 15.4 Å². The third-order valence-electron chi connectivity index (χ3n) is 8.44. The maximum atomic E-state index is 12.9. The third-order valence-corrected chi connectivity index (χ3v) is 8.44. The molecule has 2 aliphatic rings. The Morgan fingerprint density at radius 2 is 1.81 bits per heavy atom. The van der Waals surface area contributed by atoms with Crippen molar-refractivity contribution in [3.63, 3.8) is 0 Å². The highest BCUT2D eigenvalue weighted by atomic mass is 16.5. The van der Waals surface area contributed by atoms with Gasteiger partial charge in [-0.05, 0) is 67.6 Å². The number of hydrogen-bond donors (Lipinski definition) is 1. The number of nitrogens with zero attached hydrogens (tertiary/aromatic N) is 5. The molecular formula is C32H36N6O5. The molecule has 11 heteroatoms. The van der Waals surface area contributed by atoms with Crippen molar-refractivity contribution in [3.8, 4) is 11.6 Å². The Hall–Kier alpha value is -4.51. The van der Waals surface area contributed by atoms with Gasteiger partial charge in [-0.1, -0.05) is 6.07 Å². The zero-order valence-electron chi connectivity index (χ0n) is 24.8. The van der Waals surface area contributed by atoms with Crippen molar-refractivity contribution >= 4 is 29.1 Å². The summed E-state index contributed by atoms with van der Waals surface area (Å²) in [6.45, 7) is 6.98. The number of hydrogen-bond acceptors (Lipinski definition) is 7. The van der Waals surface area contributed by atoms with Crippen LogP contribution in [-0.2, 0) is 27.8 Å². The highest BCUT2D eigenvalue weighted by Crippen LogP contribution is 2.38. The normalized spacial score (nSPS) is 15.8. The van der Waals surface area contributed by atoms with Crippen LogP contribution in [0.25, 0.3) is 5.65 Å². The summed E-state index contributed by atoms with van der Waals surface area (Å²) in [5.41, 5.74) is 4.40. The minimum atomic E-state index is -0.277. The van der Waals surface area contributed by atoms with Gasteiger partial charge in [0.15, 0.2) is 17.2 Å². The predicted molar refractivity (Wildman–Crippen MR) is 159 cm³/mol. The minimum absolute atomic E-state index is 0.00222. The molecule has 0 atom stereocenters. The van der Waals surface area contributed by atoms with Gasteiger partial charge < -0.3 is 24.3 Å². The van der Waals surface area contributed by atoms with Crippen LogP contribution in [-0.4, -0.2) is 68.0 Å². The van der Waals surface area contributed by atoms with Gasteiger partial charge in [-0.25, -0.2) is 9.50 Å². The van der Waals surface area contributed by atoms with E-state index in [-0.39, 0.29) is 42.3 Å². The van der Waals surface area contributed by atoms with E-state index in [0.29, 0.717) is 28.8 Å². The Bertz CT molecular complexity index is 1690. The molecule has 1 aromatic carbocycles. The van der Waals surface area contributed by atoms with Crippen molar-refractivity contribution in [2.24, 2.45) is 12.5 Å². The Morgan fingerprint density at radius 3 is 2.51 bits per heavy atom. The van der Waals surface area contributed by atoms with Gasteiger partial charge in [-0.15, -0.1) is 5.10 Å². The Balaban J connectivity index is 1.04. The number of rotatable bonds is 9. The van der Waals surface area contributed by atoms with E-state index in [1.54, 1.807) is 18.3 Å². The number of piperidine rings is 1. The summed E-state index contributed by atoms with van der Waals surface area (Å²) in [5.74, 6) is 1.01. The number of amides is 2. The number of imidazole rings is 1. The number of benzene rings is 1. The van der Waals surface area contributed by atoms with Crippen molar-refractivity contribution < 1.29 is 23.9 Å². The van der Waals surface area contributed by atoms with Gasteiger partial charge in [-0.2, -0.15) is 0 Å². The molecule has 0 radical (unpaired) electrons. The standard InChI is InChI=1S/C32H36N6O5/c1-21-14-25(36(3)17-21)26(39)16-23-15-24(5-4-22(23)2)43-30-8-6-28-33-27(18-38(28)35-30)34-29(40)7-9-31(41)37-12-10-32(11-13-37)19-42-20-32/h4-6,8,14-15,17-18H,7,9-13,16,19-20H2,1-3H3,(H,34,40). The van der Waals surface area contributed by atoms with Gasteiger partial charge in [0.05, 0.1) is 25.1 Å². The van der Waals surface area contributed by atoms with Gasteiger partial charge >= 0.3 is 0 Å². The summed E-state index contributed by atoms with van der Waals surface area (Å²) in [5, 5.41) is 7.24. The molecular weight excluding hydrogens is 548 g/mol. The average molecular weight is 585 g/mol. The number of ketones is 1. The topological polar surface area (TPSA) is 120 Å². The Morgan fingerprint density at radius 1 is 1.02 bits per heavy atom. The van der Waals surface area contributed by atoms with Gasteiger partial charge in [0.25, 0.3) is 0 Å². The van der Waals surface area contributed by atoms with Crippen LogP contribution in [0.5, 0.6) is 11.6 Å². The first-order valence-electron chi connectivity index (χ1n) is 14.6. The molecule has 1 N–H and O–H groups in total. The predicted octanol–water partition coefficient (Wildman–Crippen LogP) is 4.26. The molecule has 6 rings (SSSR count). The third kappa shape index (κ3) is 6.31. The largest absolute Gasteiger partial charge is 0.438 e. The lowest BCUT2D eigenvalue weighted by atomic mass is 9.77. The molecule has 0 bridgehead atoms. The number of carbonyl (C=O) groups excluding carboxylic acids is 3. The van der Waals surface area contributed by atoms with Crippen molar-refractivity contribution in [2.75, 3.05) is 31.6 Å². The smallest absolute Gasteiger partial charge is 0.237 e. The molecule has 0 saturated carbocycles. The lowest BCUT2D eigenvalue weighted by Gasteiger charge is -2.47. The van der Waals surface area contributed by atoms with Crippen LogP contribution in [0.3, 0.4) is 0 Å². The number of likely N-dealkylation sites (tertiary alicyclic amines) is 1. The van der Waals surface area contributed by atoms with Crippen LogP contribution in [0.15, 0.2) is 48.8 Å². The molecule has 11 nitrogen and oxygen atoms in total. The van der Waals surface area contributed by atoms with Gasteiger partial charge in [0.2, 0.25) is 17.7 Å². The summed E-state index contributed by atoms with van der Waals surface area (Å²) >= 11 is 0. The number of aromatic nitrogens is 4. The van der Waals surface area contributed by atoms with E-state index in [1.165, 1.54) is 4.52 Å². The second-order valence-electron chi connectivity index (χ2n) is 11.8. The molecule has 2 fully saturated rings. The molecule has 1 spiro atoms. The number of anilines is 1. The van der Waals surface area contributed by atoms with E-state index in [4.69, 9.17) is 9.47 Å². The molecule has 0 unspecified atom stereocenters. The fourth-order valence-electron chi connectivity index (χ4n) is 5.77. The van der Waals surface area contributed by atoms with Crippen LogP contribution in [0, 0.1) is 19.3 Å². The second kappa shape index (κ2) is 11.6. The van der Waals surface area contributed by atoms with Crippen LogP contribution in [0.1, 0.15) is 52.9 Å². The van der Waals surface area contributed by atoms with E-state index < -0.39 is 0 Å². The van der Waals surface area contributed by atoms with Crippen molar-refractivity contribution in [1.82, 2.24) is 24.1 Å². The molecule has 2 aliphatic heterocycles. The monoisotopic (exact) mass is 584 g/mol. The van der Waals surface area contributed by atoms with Crippen LogP contribution < -0.4 is 10.1 Å². The molecule has 224 valence electrons. The Kier molecular flexibility index (Phi) is 7.74. The fourth-order valence-corrected chi connectivity index (χ4v) is 5.77. The van der Waals surface area contributed by atoms with Crippen LogP contribution in [0.2, 0.25) is 0 Å². The van der Waals surface area contributed by atoms with Crippen molar-refractivity contribution in [2.45, 2.75) is 46.0 Å². The van der Waals surface area contributed by atoms with Crippen molar-refractivity contribution in [3.05, 3.63) is 71.2 Å². The van der Waals surface area contributed by atoms with Gasteiger partial charge in [0, 0.05) is 57.1 Å². The fraction of sp³-hybridized carbons (Fsp3) is 0.406. The summed E-state index contributed by atoms with van der Waals surface area (Å²) in [7, 11) is 1.87. The maximum absolute atomic E-state index is 12.9.